The normalized spacial score (nSPS) is 25.3. The molecule has 8 heteroatoms. The summed E-state index contributed by atoms with van der Waals surface area (Å²) in [5, 5.41) is 9.13. The molecule has 1 aromatic rings. The van der Waals surface area contributed by atoms with Crippen molar-refractivity contribution in [3.05, 3.63) is 3.92 Å². The zero-order chi connectivity index (χ0) is 15.2. The number of nitrogens with zero attached hydrogens (tertiary/aromatic N) is 4. The minimum atomic E-state index is -0.431. The van der Waals surface area contributed by atoms with E-state index in [1.165, 1.54) is 0 Å². The third kappa shape index (κ3) is 3.31. The summed E-state index contributed by atoms with van der Waals surface area (Å²) in [6.07, 6.45) is -0.192. The van der Waals surface area contributed by atoms with E-state index in [1.807, 2.05) is 25.7 Å². The van der Waals surface area contributed by atoms with Crippen LogP contribution >= 0.6 is 27.3 Å². The van der Waals surface area contributed by atoms with Gasteiger partial charge in [-0.3, -0.25) is 0 Å². The SMILES string of the molecule is CC(C)(C)OC(=O)N1C[C@@H]2CN(c3nnc(Br)s3)C[C@@H]2C1. The van der Waals surface area contributed by atoms with Gasteiger partial charge in [0, 0.05) is 38.0 Å². The molecule has 2 fully saturated rings. The number of aromatic nitrogens is 2. The molecule has 2 atom stereocenters. The topological polar surface area (TPSA) is 58.6 Å². The molecule has 3 heterocycles. The van der Waals surface area contributed by atoms with Gasteiger partial charge in [0.2, 0.25) is 5.13 Å². The Bertz CT molecular complexity index is 531. The van der Waals surface area contributed by atoms with Gasteiger partial charge >= 0.3 is 6.09 Å². The molecule has 0 unspecified atom stereocenters. The van der Waals surface area contributed by atoms with Gasteiger partial charge in [0.05, 0.1) is 0 Å². The summed E-state index contributed by atoms with van der Waals surface area (Å²) in [6.45, 7) is 9.12. The van der Waals surface area contributed by atoms with Crippen molar-refractivity contribution in [3.63, 3.8) is 0 Å². The Balaban J connectivity index is 1.58. The van der Waals surface area contributed by atoms with Gasteiger partial charge in [-0.05, 0) is 36.7 Å². The van der Waals surface area contributed by atoms with Gasteiger partial charge in [0.15, 0.2) is 3.92 Å². The molecule has 2 saturated heterocycles. The van der Waals surface area contributed by atoms with E-state index in [0.29, 0.717) is 11.8 Å². The van der Waals surface area contributed by atoms with Crippen molar-refractivity contribution in [3.8, 4) is 0 Å². The van der Waals surface area contributed by atoms with Crippen molar-refractivity contribution < 1.29 is 9.53 Å². The second kappa shape index (κ2) is 5.39. The summed E-state index contributed by atoms with van der Waals surface area (Å²) in [7, 11) is 0. The fraction of sp³-hybridized carbons (Fsp3) is 0.769. The maximum atomic E-state index is 12.1. The van der Waals surface area contributed by atoms with Crippen LogP contribution in [0.3, 0.4) is 0 Å². The molecule has 116 valence electrons. The van der Waals surface area contributed by atoms with Crippen LogP contribution in [0.1, 0.15) is 20.8 Å². The van der Waals surface area contributed by atoms with Gasteiger partial charge < -0.3 is 14.5 Å². The van der Waals surface area contributed by atoms with Crippen molar-refractivity contribution >= 4 is 38.5 Å². The number of likely N-dealkylation sites (tertiary alicyclic amines) is 1. The largest absolute Gasteiger partial charge is 0.444 e. The van der Waals surface area contributed by atoms with Crippen molar-refractivity contribution in [2.75, 3.05) is 31.1 Å². The summed E-state index contributed by atoms with van der Waals surface area (Å²) in [5.74, 6) is 1.00. The van der Waals surface area contributed by atoms with E-state index >= 15 is 0 Å². The van der Waals surface area contributed by atoms with E-state index in [4.69, 9.17) is 4.74 Å². The number of ether oxygens (including phenoxy) is 1. The molecular weight excluding hydrogens is 356 g/mol. The third-order valence-electron chi connectivity index (χ3n) is 3.80. The average molecular weight is 375 g/mol. The Hall–Kier alpha value is -0.890. The van der Waals surface area contributed by atoms with E-state index in [1.54, 1.807) is 11.3 Å². The van der Waals surface area contributed by atoms with Gasteiger partial charge in [-0.15, -0.1) is 10.2 Å². The summed E-state index contributed by atoms with van der Waals surface area (Å²) < 4.78 is 6.26. The number of hydrogen-bond acceptors (Lipinski definition) is 6. The Kier molecular flexibility index (Phi) is 3.85. The van der Waals surface area contributed by atoms with Gasteiger partial charge in [-0.25, -0.2) is 4.79 Å². The van der Waals surface area contributed by atoms with Crippen LogP contribution in [0.25, 0.3) is 0 Å². The van der Waals surface area contributed by atoms with Gasteiger partial charge in [0.1, 0.15) is 5.60 Å². The first-order valence-electron chi connectivity index (χ1n) is 7.04. The molecule has 0 spiro atoms. The molecule has 0 bridgehead atoms. The molecule has 0 aromatic carbocycles. The maximum absolute atomic E-state index is 12.1. The van der Waals surface area contributed by atoms with Crippen molar-refractivity contribution in [2.24, 2.45) is 11.8 Å². The molecule has 21 heavy (non-hydrogen) atoms. The zero-order valence-electron chi connectivity index (χ0n) is 12.4. The molecule has 0 aliphatic carbocycles. The fourth-order valence-corrected chi connectivity index (χ4v) is 4.06. The summed E-state index contributed by atoms with van der Waals surface area (Å²) in [4.78, 5) is 16.2. The monoisotopic (exact) mass is 374 g/mol. The lowest BCUT2D eigenvalue weighted by atomic mass is 10.0. The standard InChI is InChI=1S/C13H19BrN4O2S/c1-13(2,3)20-12(19)18-6-8-4-17(5-9(8)7-18)11-16-15-10(14)21-11/h8-9H,4-7H2,1-3H3/t8-,9+. The van der Waals surface area contributed by atoms with Crippen molar-refractivity contribution in [2.45, 2.75) is 26.4 Å². The number of carbonyl (C=O) groups is 1. The number of anilines is 1. The number of hydrogen-bond donors (Lipinski definition) is 0. The Morgan fingerprint density at radius 1 is 1.24 bits per heavy atom. The molecule has 1 aromatic heterocycles. The maximum Gasteiger partial charge on any atom is 0.410 e. The molecule has 6 nitrogen and oxygen atoms in total. The number of fused-ring (bicyclic) bond motifs is 1. The number of carbonyl (C=O) groups excluding carboxylic acids is 1. The number of rotatable bonds is 1. The van der Waals surface area contributed by atoms with E-state index < -0.39 is 5.60 Å². The van der Waals surface area contributed by atoms with Crippen LogP contribution in [0.4, 0.5) is 9.93 Å². The second-order valence-electron chi connectivity index (χ2n) is 6.65. The summed E-state index contributed by atoms with van der Waals surface area (Å²) >= 11 is 4.90. The van der Waals surface area contributed by atoms with E-state index in [9.17, 15) is 4.79 Å². The Labute approximate surface area is 136 Å². The van der Waals surface area contributed by atoms with Crippen LogP contribution in [-0.4, -0.2) is 53.0 Å². The highest BCUT2D eigenvalue weighted by atomic mass is 79.9. The number of halogens is 1. The zero-order valence-corrected chi connectivity index (χ0v) is 14.8. The molecule has 0 radical (unpaired) electrons. The van der Waals surface area contributed by atoms with Crippen molar-refractivity contribution in [1.29, 1.82) is 0 Å². The second-order valence-corrected chi connectivity index (χ2v) is 8.88. The highest BCUT2D eigenvalue weighted by Gasteiger charge is 2.43. The smallest absolute Gasteiger partial charge is 0.410 e. The van der Waals surface area contributed by atoms with E-state index in [2.05, 4.69) is 31.0 Å². The van der Waals surface area contributed by atoms with Gasteiger partial charge in [-0.1, -0.05) is 11.3 Å². The van der Waals surface area contributed by atoms with Crippen LogP contribution in [0.15, 0.2) is 3.92 Å². The van der Waals surface area contributed by atoms with E-state index in [0.717, 1.165) is 35.2 Å². The third-order valence-corrected chi connectivity index (χ3v) is 5.21. The van der Waals surface area contributed by atoms with Gasteiger partial charge in [-0.2, -0.15) is 0 Å². The molecule has 2 aliphatic rings. The molecule has 3 rings (SSSR count). The quantitative estimate of drug-likeness (QED) is 0.755. The Morgan fingerprint density at radius 3 is 2.33 bits per heavy atom. The molecule has 1 amide bonds. The van der Waals surface area contributed by atoms with Crippen LogP contribution in [0.2, 0.25) is 0 Å². The van der Waals surface area contributed by atoms with Crippen LogP contribution in [0, 0.1) is 11.8 Å². The fourth-order valence-electron chi connectivity index (χ4n) is 2.95. The van der Waals surface area contributed by atoms with E-state index in [-0.39, 0.29) is 6.09 Å². The van der Waals surface area contributed by atoms with Crippen molar-refractivity contribution in [1.82, 2.24) is 15.1 Å². The first-order chi connectivity index (χ1) is 9.82. The molecule has 0 N–H and O–H groups in total. The summed E-state index contributed by atoms with van der Waals surface area (Å²) in [6, 6.07) is 0. The average Bonchev–Trinajstić information content (AvgIpc) is 2.98. The first-order valence-corrected chi connectivity index (χ1v) is 8.64. The van der Waals surface area contributed by atoms with Crippen LogP contribution in [0.5, 0.6) is 0 Å². The minimum Gasteiger partial charge on any atom is -0.444 e. The summed E-state index contributed by atoms with van der Waals surface area (Å²) in [5.41, 5.74) is -0.431. The molecular formula is C13H19BrN4O2S. The molecule has 0 saturated carbocycles. The lowest BCUT2D eigenvalue weighted by molar-refractivity contribution is 0.0282. The van der Waals surface area contributed by atoms with Crippen LogP contribution in [-0.2, 0) is 4.74 Å². The lowest BCUT2D eigenvalue weighted by Gasteiger charge is -2.25. The highest BCUT2D eigenvalue weighted by Crippen LogP contribution is 2.36. The number of amides is 1. The lowest BCUT2D eigenvalue weighted by Crippen LogP contribution is -2.37. The van der Waals surface area contributed by atoms with Gasteiger partial charge in [0.25, 0.3) is 0 Å². The van der Waals surface area contributed by atoms with Crippen LogP contribution < -0.4 is 4.90 Å². The highest BCUT2D eigenvalue weighted by molar-refractivity contribution is 9.11. The predicted molar refractivity (Wildman–Crippen MR) is 84.6 cm³/mol. The predicted octanol–water partition coefficient (Wildman–Crippen LogP) is 2.60. The minimum absolute atomic E-state index is 0.192. The Morgan fingerprint density at radius 2 is 1.86 bits per heavy atom. The first kappa shape index (κ1) is 15.0. The molecule has 2 aliphatic heterocycles.